The molecule has 0 saturated carbocycles. The number of amides is 1. The average Bonchev–Trinajstić information content (AvgIpc) is 3.41. The van der Waals surface area contributed by atoms with E-state index in [4.69, 9.17) is 4.74 Å². The number of nitrogens with one attached hydrogen (secondary N) is 1. The van der Waals surface area contributed by atoms with Crippen molar-refractivity contribution in [3.63, 3.8) is 0 Å². The topological polar surface area (TPSA) is 90.3 Å². The van der Waals surface area contributed by atoms with Crippen molar-refractivity contribution >= 4 is 49.8 Å². The molecule has 1 N–H and O–H groups in total. The number of fused-ring (bicyclic) bond motifs is 1. The Balaban J connectivity index is 1.62. The monoisotopic (exact) mass is 481 g/mol. The first-order chi connectivity index (χ1) is 15.9. The van der Waals surface area contributed by atoms with E-state index < -0.39 is 11.9 Å². The van der Waals surface area contributed by atoms with Crippen LogP contribution >= 0.6 is 22.7 Å². The number of rotatable bonds is 7. The molecule has 0 saturated heterocycles. The first-order valence-electron chi connectivity index (χ1n) is 10.5. The second kappa shape index (κ2) is 9.68. The number of carbonyl (C=O) groups excluding carboxylic acids is 2. The van der Waals surface area contributed by atoms with Gasteiger partial charge in [0.05, 0.1) is 18.3 Å². The number of benzene rings is 1. The van der Waals surface area contributed by atoms with Crippen LogP contribution in [0.2, 0.25) is 0 Å². The van der Waals surface area contributed by atoms with E-state index in [9.17, 15) is 14.4 Å². The summed E-state index contributed by atoms with van der Waals surface area (Å²) in [6.45, 7) is 5.75. The molecular formula is C24H23N3O4S2. The van der Waals surface area contributed by atoms with Crippen LogP contribution in [0.3, 0.4) is 0 Å². The zero-order valence-electron chi connectivity index (χ0n) is 18.5. The summed E-state index contributed by atoms with van der Waals surface area (Å²) in [5.74, 6) is -0.928. The van der Waals surface area contributed by atoms with Crippen LogP contribution in [0.1, 0.15) is 34.6 Å². The van der Waals surface area contributed by atoms with Gasteiger partial charge in [-0.15, -0.1) is 22.7 Å². The van der Waals surface area contributed by atoms with Gasteiger partial charge in [-0.3, -0.25) is 14.2 Å². The summed E-state index contributed by atoms with van der Waals surface area (Å²) in [7, 11) is 0. The number of hydrogen-bond acceptors (Lipinski definition) is 7. The number of hydrogen-bond donors (Lipinski definition) is 1. The fourth-order valence-electron chi connectivity index (χ4n) is 3.42. The lowest BCUT2D eigenvalue weighted by molar-refractivity contribution is -0.116. The zero-order chi connectivity index (χ0) is 23.5. The summed E-state index contributed by atoms with van der Waals surface area (Å²) in [6, 6.07) is 9.61. The Morgan fingerprint density at radius 1 is 1.18 bits per heavy atom. The average molecular weight is 482 g/mol. The molecule has 3 heterocycles. The van der Waals surface area contributed by atoms with Crippen LogP contribution in [-0.2, 0) is 22.5 Å². The summed E-state index contributed by atoms with van der Waals surface area (Å²) >= 11 is 2.73. The number of esters is 1. The fourth-order valence-corrected chi connectivity index (χ4v) is 5.32. The molecule has 0 aliphatic carbocycles. The van der Waals surface area contributed by atoms with E-state index in [0.29, 0.717) is 26.3 Å². The maximum absolute atomic E-state index is 12.8. The van der Waals surface area contributed by atoms with Crippen LogP contribution in [0.4, 0.5) is 5.00 Å². The molecule has 1 amide bonds. The Labute approximate surface area is 198 Å². The normalized spacial score (nSPS) is 11.0. The second-order valence-corrected chi connectivity index (χ2v) is 9.45. The Kier molecular flexibility index (Phi) is 6.71. The van der Waals surface area contributed by atoms with Crippen molar-refractivity contribution in [2.45, 2.75) is 33.7 Å². The third-order valence-electron chi connectivity index (χ3n) is 5.12. The lowest BCUT2D eigenvalue weighted by Crippen LogP contribution is -2.27. The van der Waals surface area contributed by atoms with E-state index >= 15 is 0 Å². The molecule has 3 aromatic heterocycles. The van der Waals surface area contributed by atoms with Crippen molar-refractivity contribution in [3.05, 3.63) is 68.4 Å². The molecule has 0 unspecified atom stereocenters. The van der Waals surface area contributed by atoms with Gasteiger partial charge in [-0.25, -0.2) is 9.78 Å². The third kappa shape index (κ3) is 4.74. The molecule has 170 valence electrons. The van der Waals surface area contributed by atoms with Gasteiger partial charge in [-0.05, 0) is 31.9 Å². The van der Waals surface area contributed by atoms with Crippen LogP contribution in [0.25, 0.3) is 21.3 Å². The molecular weight excluding hydrogens is 458 g/mol. The molecule has 9 heteroatoms. The quantitative estimate of drug-likeness (QED) is 0.380. The Hall–Kier alpha value is -3.30. The Morgan fingerprint density at radius 3 is 2.64 bits per heavy atom. The molecule has 0 fully saturated rings. The largest absolute Gasteiger partial charge is 0.462 e. The number of thiophene rings is 2. The Morgan fingerprint density at radius 2 is 1.94 bits per heavy atom. The van der Waals surface area contributed by atoms with E-state index in [0.717, 1.165) is 22.4 Å². The molecule has 4 aromatic rings. The highest BCUT2D eigenvalue weighted by molar-refractivity contribution is 7.18. The van der Waals surface area contributed by atoms with E-state index in [-0.39, 0.29) is 18.7 Å². The summed E-state index contributed by atoms with van der Waals surface area (Å²) in [5, 5.41) is 5.51. The minimum Gasteiger partial charge on any atom is -0.462 e. The van der Waals surface area contributed by atoms with Gasteiger partial charge in [0.15, 0.2) is 0 Å². The van der Waals surface area contributed by atoms with Crippen molar-refractivity contribution < 1.29 is 14.3 Å². The first-order valence-corrected chi connectivity index (χ1v) is 12.2. The molecule has 7 nitrogen and oxygen atoms in total. The maximum atomic E-state index is 12.8. The molecule has 0 atom stereocenters. The van der Waals surface area contributed by atoms with Crippen molar-refractivity contribution in [2.75, 3.05) is 11.9 Å². The predicted octanol–water partition coefficient (Wildman–Crippen LogP) is 4.87. The number of aryl methyl sites for hydroxylation is 2. The van der Waals surface area contributed by atoms with Gasteiger partial charge in [0.2, 0.25) is 5.91 Å². The zero-order valence-corrected chi connectivity index (χ0v) is 20.1. The first kappa shape index (κ1) is 22.9. The summed E-state index contributed by atoms with van der Waals surface area (Å²) in [5.41, 5.74) is 2.70. The van der Waals surface area contributed by atoms with Gasteiger partial charge < -0.3 is 10.1 Å². The van der Waals surface area contributed by atoms with Crippen LogP contribution in [0.5, 0.6) is 0 Å². The molecule has 0 bridgehead atoms. The fraction of sp³-hybridized carbons (Fsp3) is 0.250. The lowest BCUT2D eigenvalue weighted by Gasteiger charge is -2.10. The van der Waals surface area contributed by atoms with Gasteiger partial charge in [-0.1, -0.05) is 36.8 Å². The highest BCUT2D eigenvalue weighted by Crippen LogP contribution is 2.36. The minimum absolute atomic E-state index is 0.209. The van der Waals surface area contributed by atoms with Crippen molar-refractivity contribution in [1.82, 2.24) is 9.55 Å². The van der Waals surface area contributed by atoms with Crippen molar-refractivity contribution in [1.29, 1.82) is 0 Å². The van der Waals surface area contributed by atoms with Crippen LogP contribution in [0, 0.1) is 6.92 Å². The number of anilines is 1. The van der Waals surface area contributed by atoms with Gasteiger partial charge >= 0.3 is 5.97 Å². The highest BCUT2D eigenvalue weighted by atomic mass is 32.1. The molecule has 1 aromatic carbocycles. The van der Waals surface area contributed by atoms with Gasteiger partial charge in [0.1, 0.15) is 21.9 Å². The molecule has 0 radical (unpaired) electrons. The lowest BCUT2D eigenvalue weighted by atomic mass is 10.0. The summed E-state index contributed by atoms with van der Waals surface area (Å²) in [6.07, 6.45) is 2.21. The summed E-state index contributed by atoms with van der Waals surface area (Å²) in [4.78, 5) is 44.4. The van der Waals surface area contributed by atoms with Crippen LogP contribution in [0.15, 0.2) is 46.8 Å². The Bertz CT molecular complexity index is 1380. The molecule has 4 rings (SSSR count). The molecule has 0 spiro atoms. The maximum Gasteiger partial charge on any atom is 0.341 e. The van der Waals surface area contributed by atoms with Crippen LogP contribution in [-0.4, -0.2) is 28.0 Å². The second-order valence-electron chi connectivity index (χ2n) is 7.45. The van der Waals surface area contributed by atoms with E-state index in [1.54, 1.807) is 6.92 Å². The van der Waals surface area contributed by atoms with Crippen molar-refractivity contribution in [3.8, 4) is 11.1 Å². The predicted molar refractivity (Wildman–Crippen MR) is 132 cm³/mol. The smallest absolute Gasteiger partial charge is 0.341 e. The number of nitrogens with zero attached hydrogens (tertiary/aromatic N) is 2. The standard InChI is InChI=1S/C24H23N3O4S2/c1-4-16-10-17-21(33-16)25-13-27(23(17)29)11-19(28)26-22-20(24(30)31-5-2)18(12-32-22)15-8-6-14(3)7-9-15/h6-10,12-13H,4-5,11H2,1-3H3,(H,26,28). The molecule has 0 aliphatic heterocycles. The van der Waals surface area contributed by atoms with E-state index in [1.165, 1.54) is 33.6 Å². The van der Waals surface area contributed by atoms with Gasteiger partial charge in [0, 0.05) is 15.8 Å². The van der Waals surface area contributed by atoms with Crippen LogP contribution < -0.4 is 10.9 Å². The number of ether oxygens (including phenoxy) is 1. The van der Waals surface area contributed by atoms with Gasteiger partial charge in [-0.2, -0.15) is 0 Å². The number of carbonyl (C=O) groups is 2. The SMILES string of the molecule is CCOC(=O)c1c(-c2ccc(C)cc2)csc1NC(=O)Cn1cnc2sc(CC)cc2c1=O. The highest BCUT2D eigenvalue weighted by Gasteiger charge is 2.23. The number of aromatic nitrogens is 2. The molecule has 0 aliphatic rings. The van der Waals surface area contributed by atoms with E-state index in [2.05, 4.69) is 10.3 Å². The summed E-state index contributed by atoms with van der Waals surface area (Å²) < 4.78 is 6.53. The van der Waals surface area contributed by atoms with E-state index in [1.807, 2.05) is 49.6 Å². The molecule has 33 heavy (non-hydrogen) atoms. The third-order valence-corrected chi connectivity index (χ3v) is 7.20. The van der Waals surface area contributed by atoms with Gasteiger partial charge in [0.25, 0.3) is 5.56 Å². The van der Waals surface area contributed by atoms with Crippen molar-refractivity contribution in [2.24, 2.45) is 0 Å². The minimum atomic E-state index is -0.504.